The third kappa shape index (κ3) is 3.38. The molecule has 0 bridgehead atoms. The van der Waals surface area contributed by atoms with Crippen molar-refractivity contribution in [3.63, 3.8) is 0 Å². The summed E-state index contributed by atoms with van der Waals surface area (Å²) < 4.78 is 18.8. The van der Waals surface area contributed by atoms with Gasteiger partial charge in [-0.05, 0) is 42.9 Å². The van der Waals surface area contributed by atoms with Crippen LogP contribution in [0.4, 0.5) is 4.39 Å². The zero-order valence-corrected chi connectivity index (χ0v) is 12.9. The van der Waals surface area contributed by atoms with E-state index in [9.17, 15) is 4.39 Å². The molecule has 0 radical (unpaired) electrons. The van der Waals surface area contributed by atoms with Crippen molar-refractivity contribution in [2.24, 2.45) is 5.92 Å². The van der Waals surface area contributed by atoms with Crippen LogP contribution in [0.15, 0.2) is 18.2 Å². The standard InChI is InChI=1S/C17H25FN2O/c1-3-14-9-19-16(13-5-6-13)11-20(14)10-12-4-7-17(21-2)15(18)8-12/h4,7-8,13-14,16,19H,3,5-6,9-11H2,1-2H3. The normalized spacial score (nSPS) is 26.8. The maximum absolute atomic E-state index is 13.8. The van der Waals surface area contributed by atoms with Crippen LogP contribution in [-0.2, 0) is 6.54 Å². The number of halogens is 1. The molecule has 0 aromatic heterocycles. The Labute approximate surface area is 126 Å². The molecule has 2 unspecified atom stereocenters. The maximum atomic E-state index is 13.8. The molecule has 1 saturated carbocycles. The Hall–Kier alpha value is -1.13. The highest BCUT2D eigenvalue weighted by molar-refractivity contribution is 5.29. The molecule has 0 amide bonds. The fourth-order valence-electron chi connectivity index (χ4n) is 3.34. The molecular weight excluding hydrogens is 267 g/mol. The van der Waals surface area contributed by atoms with Crippen LogP contribution in [0.3, 0.4) is 0 Å². The van der Waals surface area contributed by atoms with Gasteiger partial charge in [-0.25, -0.2) is 4.39 Å². The Morgan fingerprint density at radius 3 is 2.81 bits per heavy atom. The summed E-state index contributed by atoms with van der Waals surface area (Å²) in [7, 11) is 1.50. The molecule has 3 nitrogen and oxygen atoms in total. The highest BCUT2D eigenvalue weighted by Crippen LogP contribution is 2.34. The summed E-state index contributed by atoms with van der Waals surface area (Å²) in [6, 6.07) is 6.48. The van der Waals surface area contributed by atoms with Gasteiger partial charge in [-0.2, -0.15) is 0 Å². The molecule has 1 aliphatic heterocycles. The first-order valence-corrected chi connectivity index (χ1v) is 8.01. The molecule has 0 spiro atoms. The summed E-state index contributed by atoms with van der Waals surface area (Å²) in [6.07, 6.45) is 3.85. The molecule has 21 heavy (non-hydrogen) atoms. The quantitative estimate of drug-likeness (QED) is 0.903. The van der Waals surface area contributed by atoms with Gasteiger partial charge in [0.15, 0.2) is 11.6 Å². The Morgan fingerprint density at radius 2 is 2.19 bits per heavy atom. The second-order valence-corrected chi connectivity index (χ2v) is 6.31. The molecule has 2 aliphatic rings. The van der Waals surface area contributed by atoms with Crippen LogP contribution in [-0.4, -0.2) is 37.2 Å². The van der Waals surface area contributed by atoms with Crippen molar-refractivity contribution in [3.8, 4) is 5.75 Å². The average molecular weight is 292 g/mol. The van der Waals surface area contributed by atoms with E-state index in [0.29, 0.717) is 17.8 Å². The highest BCUT2D eigenvalue weighted by atomic mass is 19.1. The number of ether oxygens (including phenoxy) is 1. The van der Waals surface area contributed by atoms with Crippen LogP contribution in [0.2, 0.25) is 0 Å². The fourth-order valence-corrected chi connectivity index (χ4v) is 3.34. The smallest absolute Gasteiger partial charge is 0.165 e. The van der Waals surface area contributed by atoms with E-state index in [2.05, 4.69) is 17.1 Å². The number of piperazine rings is 1. The van der Waals surface area contributed by atoms with Gasteiger partial charge in [0.05, 0.1) is 7.11 Å². The third-order valence-corrected chi connectivity index (χ3v) is 4.83. The average Bonchev–Trinajstić information content (AvgIpc) is 3.32. The van der Waals surface area contributed by atoms with E-state index in [-0.39, 0.29) is 5.82 Å². The van der Waals surface area contributed by atoms with Gasteiger partial charge in [-0.15, -0.1) is 0 Å². The van der Waals surface area contributed by atoms with Crippen molar-refractivity contribution in [2.45, 2.75) is 44.8 Å². The van der Waals surface area contributed by atoms with Crippen LogP contribution in [0, 0.1) is 11.7 Å². The van der Waals surface area contributed by atoms with Gasteiger partial charge in [0.1, 0.15) is 0 Å². The minimum Gasteiger partial charge on any atom is -0.494 e. The van der Waals surface area contributed by atoms with E-state index in [4.69, 9.17) is 4.74 Å². The number of rotatable bonds is 5. The summed E-state index contributed by atoms with van der Waals surface area (Å²) in [5.41, 5.74) is 1.03. The summed E-state index contributed by atoms with van der Waals surface area (Å²) >= 11 is 0. The second-order valence-electron chi connectivity index (χ2n) is 6.31. The van der Waals surface area contributed by atoms with E-state index in [0.717, 1.165) is 37.5 Å². The molecular formula is C17H25FN2O. The molecule has 4 heteroatoms. The first kappa shape index (κ1) is 14.8. The van der Waals surface area contributed by atoms with Gasteiger partial charge in [0, 0.05) is 31.7 Å². The second kappa shape index (κ2) is 6.32. The SMILES string of the molecule is CCC1CNC(C2CC2)CN1Cc1ccc(OC)c(F)c1. The van der Waals surface area contributed by atoms with Gasteiger partial charge < -0.3 is 10.1 Å². The van der Waals surface area contributed by atoms with Gasteiger partial charge in [0.25, 0.3) is 0 Å². The van der Waals surface area contributed by atoms with Gasteiger partial charge in [0.2, 0.25) is 0 Å². The molecule has 116 valence electrons. The van der Waals surface area contributed by atoms with Crippen LogP contribution in [0.1, 0.15) is 31.7 Å². The summed E-state index contributed by atoms with van der Waals surface area (Å²) in [5.74, 6) is 0.914. The molecule has 1 aromatic rings. The minimum absolute atomic E-state index is 0.267. The van der Waals surface area contributed by atoms with E-state index < -0.39 is 0 Å². The van der Waals surface area contributed by atoms with Crippen molar-refractivity contribution in [3.05, 3.63) is 29.6 Å². The number of hydrogen-bond donors (Lipinski definition) is 1. The number of hydrogen-bond acceptors (Lipinski definition) is 3. The summed E-state index contributed by atoms with van der Waals surface area (Å²) in [4.78, 5) is 2.51. The molecule has 1 saturated heterocycles. The Morgan fingerprint density at radius 1 is 1.38 bits per heavy atom. The van der Waals surface area contributed by atoms with Crippen molar-refractivity contribution >= 4 is 0 Å². The minimum atomic E-state index is -0.267. The fraction of sp³-hybridized carbons (Fsp3) is 0.647. The topological polar surface area (TPSA) is 24.5 Å². The zero-order valence-electron chi connectivity index (χ0n) is 12.9. The zero-order chi connectivity index (χ0) is 14.8. The molecule has 1 aliphatic carbocycles. The van der Waals surface area contributed by atoms with Crippen LogP contribution in [0.25, 0.3) is 0 Å². The maximum Gasteiger partial charge on any atom is 0.165 e. The van der Waals surface area contributed by atoms with Crippen molar-refractivity contribution in [2.75, 3.05) is 20.2 Å². The number of nitrogens with one attached hydrogen (secondary N) is 1. The Kier molecular flexibility index (Phi) is 4.45. The van der Waals surface area contributed by atoms with E-state index >= 15 is 0 Å². The van der Waals surface area contributed by atoms with Gasteiger partial charge in [-0.1, -0.05) is 13.0 Å². The van der Waals surface area contributed by atoms with E-state index in [1.165, 1.54) is 20.0 Å². The largest absolute Gasteiger partial charge is 0.494 e. The van der Waals surface area contributed by atoms with Crippen molar-refractivity contribution < 1.29 is 9.13 Å². The lowest BCUT2D eigenvalue weighted by Crippen LogP contribution is -2.56. The molecule has 2 atom stereocenters. The summed E-state index contributed by atoms with van der Waals surface area (Å²) in [6.45, 7) is 5.18. The van der Waals surface area contributed by atoms with Gasteiger partial charge >= 0.3 is 0 Å². The molecule has 2 fully saturated rings. The van der Waals surface area contributed by atoms with E-state index in [1.54, 1.807) is 12.1 Å². The Bertz CT molecular complexity index is 490. The predicted molar refractivity (Wildman–Crippen MR) is 82.0 cm³/mol. The molecule has 1 aromatic carbocycles. The number of nitrogens with zero attached hydrogens (tertiary/aromatic N) is 1. The van der Waals surface area contributed by atoms with E-state index in [1.807, 2.05) is 6.07 Å². The molecule has 1 heterocycles. The molecule has 3 rings (SSSR count). The summed E-state index contributed by atoms with van der Waals surface area (Å²) in [5, 5.41) is 3.69. The lowest BCUT2D eigenvalue weighted by atomic mass is 10.0. The Balaban J connectivity index is 1.69. The lowest BCUT2D eigenvalue weighted by Gasteiger charge is -2.40. The third-order valence-electron chi connectivity index (χ3n) is 4.83. The van der Waals surface area contributed by atoms with Crippen molar-refractivity contribution in [1.29, 1.82) is 0 Å². The predicted octanol–water partition coefficient (Wildman–Crippen LogP) is 2.80. The monoisotopic (exact) mass is 292 g/mol. The highest BCUT2D eigenvalue weighted by Gasteiger charge is 2.36. The van der Waals surface area contributed by atoms with Crippen LogP contribution in [0.5, 0.6) is 5.75 Å². The van der Waals surface area contributed by atoms with Gasteiger partial charge in [-0.3, -0.25) is 4.90 Å². The number of methoxy groups -OCH3 is 1. The first-order valence-electron chi connectivity index (χ1n) is 8.01. The lowest BCUT2D eigenvalue weighted by molar-refractivity contribution is 0.111. The molecule has 1 N–H and O–H groups in total. The first-order chi connectivity index (χ1) is 10.2. The van der Waals surface area contributed by atoms with Crippen LogP contribution < -0.4 is 10.1 Å². The van der Waals surface area contributed by atoms with Crippen LogP contribution >= 0.6 is 0 Å². The number of benzene rings is 1. The van der Waals surface area contributed by atoms with Crippen molar-refractivity contribution in [1.82, 2.24) is 10.2 Å².